The highest BCUT2D eigenvalue weighted by atomic mass is 16.5. The van der Waals surface area contributed by atoms with Gasteiger partial charge in [-0.05, 0) is 29.7 Å². The van der Waals surface area contributed by atoms with Crippen molar-refractivity contribution in [3.05, 3.63) is 59.7 Å². The number of ether oxygens (including phenoxy) is 1. The molecule has 0 radical (unpaired) electrons. The largest absolute Gasteiger partial charge is 0.495 e. The Morgan fingerprint density at radius 1 is 1.14 bits per heavy atom. The van der Waals surface area contributed by atoms with Gasteiger partial charge >= 0.3 is 0 Å². The van der Waals surface area contributed by atoms with Crippen LogP contribution < -0.4 is 15.4 Å². The number of anilines is 1. The van der Waals surface area contributed by atoms with Gasteiger partial charge in [-0.15, -0.1) is 0 Å². The average molecular weight is 282 g/mol. The molecule has 0 saturated carbocycles. The molecule has 0 unspecified atom stereocenters. The Morgan fingerprint density at radius 3 is 2.67 bits per heavy atom. The SMILES string of the molecule is COc1ccccc1NC(=O)[C@H]1Cc2ccccc2CN1. The van der Waals surface area contributed by atoms with Crippen LogP contribution in [0.3, 0.4) is 0 Å². The van der Waals surface area contributed by atoms with Gasteiger partial charge in [0.1, 0.15) is 5.75 Å². The Labute approximate surface area is 124 Å². The Balaban J connectivity index is 1.72. The molecule has 2 N–H and O–H groups in total. The number of carbonyl (C=O) groups excluding carboxylic acids is 1. The molecule has 4 heteroatoms. The summed E-state index contributed by atoms with van der Waals surface area (Å²) in [5.74, 6) is 0.635. The summed E-state index contributed by atoms with van der Waals surface area (Å²) in [6.45, 7) is 0.722. The highest BCUT2D eigenvalue weighted by Gasteiger charge is 2.24. The van der Waals surface area contributed by atoms with Gasteiger partial charge in [-0.2, -0.15) is 0 Å². The van der Waals surface area contributed by atoms with Crippen LogP contribution >= 0.6 is 0 Å². The number of hydrogen-bond donors (Lipinski definition) is 2. The van der Waals surface area contributed by atoms with Gasteiger partial charge in [0.05, 0.1) is 18.8 Å². The number of hydrogen-bond acceptors (Lipinski definition) is 3. The molecule has 1 atom stereocenters. The van der Waals surface area contributed by atoms with Gasteiger partial charge in [0, 0.05) is 6.54 Å². The van der Waals surface area contributed by atoms with Crippen LogP contribution in [0.15, 0.2) is 48.5 Å². The summed E-state index contributed by atoms with van der Waals surface area (Å²) < 4.78 is 5.25. The molecule has 2 aromatic carbocycles. The number of methoxy groups -OCH3 is 1. The van der Waals surface area contributed by atoms with Crippen molar-refractivity contribution >= 4 is 11.6 Å². The molecule has 3 rings (SSSR count). The predicted molar refractivity (Wildman–Crippen MR) is 82.4 cm³/mol. The molecule has 4 nitrogen and oxygen atoms in total. The molecule has 1 heterocycles. The molecule has 1 aliphatic heterocycles. The maximum Gasteiger partial charge on any atom is 0.241 e. The van der Waals surface area contributed by atoms with Crippen molar-refractivity contribution in [2.75, 3.05) is 12.4 Å². The van der Waals surface area contributed by atoms with Crippen LogP contribution in [0.1, 0.15) is 11.1 Å². The van der Waals surface area contributed by atoms with Gasteiger partial charge in [0.2, 0.25) is 5.91 Å². The molecule has 0 bridgehead atoms. The first-order valence-corrected chi connectivity index (χ1v) is 7.02. The highest BCUT2D eigenvalue weighted by molar-refractivity contribution is 5.96. The first kappa shape index (κ1) is 13.6. The molecular weight excluding hydrogens is 264 g/mol. The summed E-state index contributed by atoms with van der Waals surface area (Å²) in [6.07, 6.45) is 0.706. The lowest BCUT2D eigenvalue weighted by molar-refractivity contribution is -0.118. The minimum Gasteiger partial charge on any atom is -0.495 e. The van der Waals surface area contributed by atoms with Gasteiger partial charge in [-0.3, -0.25) is 4.79 Å². The van der Waals surface area contributed by atoms with Crippen LogP contribution in [0.2, 0.25) is 0 Å². The lowest BCUT2D eigenvalue weighted by Crippen LogP contribution is -2.44. The van der Waals surface area contributed by atoms with Gasteiger partial charge < -0.3 is 15.4 Å². The van der Waals surface area contributed by atoms with Crippen LogP contribution in [0.4, 0.5) is 5.69 Å². The molecule has 0 aromatic heterocycles. The van der Waals surface area contributed by atoms with E-state index in [2.05, 4.69) is 22.8 Å². The van der Waals surface area contributed by atoms with E-state index in [0.29, 0.717) is 17.9 Å². The second kappa shape index (κ2) is 5.97. The lowest BCUT2D eigenvalue weighted by Gasteiger charge is -2.25. The molecule has 108 valence electrons. The van der Waals surface area contributed by atoms with E-state index < -0.39 is 0 Å². The zero-order valence-electron chi connectivity index (χ0n) is 11.9. The summed E-state index contributed by atoms with van der Waals surface area (Å²) >= 11 is 0. The van der Waals surface area contributed by atoms with E-state index in [0.717, 1.165) is 6.54 Å². The lowest BCUT2D eigenvalue weighted by atomic mass is 9.95. The topological polar surface area (TPSA) is 50.4 Å². The molecule has 1 amide bonds. The first-order valence-electron chi connectivity index (χ1n) is 7.02. The highest BCUT2D eigenvalue weighted by Crippen LogP contribution is 2.24. The van der Waals surface area contributed by atoms with Gasteiger partial charge in [0.25, 0.3) is 0 Å². The number of para-hydroxylation sites is 2. The van der Waals surface area contributed by atoms with Gasteiger partial charge in [-0.25, -0.2) is 0 Å². The first-order chi connectivity index (χ1) is 10.3. The molecule has 0 saturated heterocycles. The third-order valence-corrected chi connectivity index (χ3v) is 3.76. The predicted octanol–water partition coefficient (Wildman–Crippen LogP) is 2.35. The number of rotatable bonds is 3. The van der Waals surface area contributed by atoms with Crippen molar-refractivity contribution in [3.8, 4) is 5.75 Å². The standard InChI is InChI=1S/C17H18N2O2/c1-21-16-9-5-4-8-14(16)19-17(20)15-10-12-6-2-3-7-13(12)11-18-15/h2-9,15,18H,10-11H2,1H3,(H,19,20)/t15-/m1/s1. The van der Waals surface area contributed by atoms with Crippen LogP contribution in [0.25, 0.3) is 0 Å². The monoisotopic (exact) mass is 282 g/mol. The second-order valence-electron chi connectivity index (χ2n) is 5.10. The quantitative estimate of drug-likeness (QED) is 0.908. The van der Waals surface area contributed by atoms with Crippen molar-refractivity contribution in [2.45, 2.75) is 19.0 Å². The van der Waals surface area contributed by atoms with E-state index in [1.54, 1.807) is 7.11 Å². The maximum absolute atomic E-state index is 12.4. The summed E-state index contributed by atoms with van der Waals surface area (Å²) in [5, 5.41) is 6.22. The second-order valence-corrected chi connectivity index (χ2v) is 5.10. The third kappa shape index (κ3) is 2.90. The number of benzene rings is 2. The third-order valence-electron chi connectivity index (χ3n) is 3.76. The minimum absolute atomic E-state index is 0.0333. The van der Waals surface area contributed by atoms with Crippen LogP contribution in [0.5, 0.6) is 5.75 Å². The zero-order chi connectivity index (χ0) is 14.7. The number of nitrogens with one attached hydrogen (secondary N) is 2. The van der Waals surface area contributed by atoms with Crippen molar-refractivity contribution in [3.63, 3.8) is 0 Å². The Hall–Kier alpha value is -2.33. The minimum atomic E-state index is -0.218. The van der Waals surface area contributed by atoms with Crippen molar-refractivity contribution in [1.29, 1.82) is 0 Å². The van der Waals surface area contributed by atoms with Crippen molar-refractivity contribution < 1.29 is 9.53 Å². The molecule has 1 aliphatic rings. The molecule has 0 fully saturated rings. The molecule has 2 aromatic rings. The normalized spacial score (nSPS) is 16.9. The van der Waals surface area contributed by atoms with E-state index in [1.807, 2.05) is 36.4 Å². The summed E-state index contributed by atoms with van der Waals surface area (Å²) in [4.78, 5) is 12.4. The van der Waals surface area contributed by atoms with Gasteiger partial charge in [0.15, 0.2) is 0 Å². The van der Waals surface area contributed by atoms with E-state index >= 15 is 0 Å². The number of carbonyl (C=O) groups is 1. The average Bonchev–Trinajstić information content (AvgIpc) is 2.55. The summed E-state index contributed by atoms with van der Waals surface area (Å²) in [5.41, 5.74) is 3.20. The summed E-state index contributed by atoms with van der Waals surface area (Å²) in [7, 11) is 1.60. The number of amides is 1. The van der Waals surface area contributed by atoms with Crippen LogP contribution in [-0.2, 0) is 17.8 Å². The fraction of sp³-hybridized carbons (Fsp3) is 0.235. The van der Waals surface area contributed by atoms with E-state index in [-0.39, 0.29) is 11.9 Å². The van der Waals surface area contributed by atoms with Crippen LogP contribution in [-0.4, -0.2) is 19.1 Å². The molecular formula is C17H18N2O2. The van der Waals surface area contributed by atoms with Crippen LogP contribution in [0, 0.1) is 0 Å². The van der Waals surface area contributed by atoms with Crippen molar-refractivity contribution in [1.82, 2.24) is 5.32 Å². The molecule has 21 heavy (non-hydrogen) atoms. The fourth-order valence-corrected chi connectivity index (χ4v) is 2.61. The summed E-state index contributed by atoms with van der Waals surface area (Å²) in [6, 6.07) is 15.4. The molecule has 0 aliphatic carbocycles. The Kier molecular flexibility index (Phi) is 3.88. The number of fused-ring (bicyclic) bond motifs is 1. The van der Waals surface area contributed by atoms with E-state index in [1.165, 1.54) is 11.1 Å². The molecule has 0 spiro atoms. The Morgan fingerprint density at radius 2 is 1.86 bits per heavy atom. The Bertz CT molecular complexity index is 655. The van der Waals surface area contributed by atoms with Crippen molar-refractivity contribution in [2.24, 2.45) is 0 Å². The van der Waals surface area contributed by atoms with Gasteiger partial charge in [-0.1, -0.05) is 36.4 Å². The van der Waals surface area contributed by atoms with E-state index in [4.69, 9.17) is 4.74 Å². The van der Waals surface area contributed by atoms with E-state index in [9.17, 15) is 4.79 Å². The maximum atomic E-state index is 12.4. The zero-order valence-corrected chi connectivity index (χ0v) is 11.9. The fourth-order valence-electron chi connectivity index (χ4n) is 2.61. The smallest absolute Gasteiger partial charge is 0.241 e.